The average molecular weight is 637 g/mol. The summed E-state index contributed by atoms with van der Waals surface area (Å²) in [7, 11) is -4.40. The molecule has 45 heavy (non-hydrogen) atoms. The molecule has 0 spiro atoms. The first-order valence-electron chi connectivity index (χ1n) is 15.9. The molecular formula is C36H44O8S. The normalized spacial score (nSPS) is 21.4. The molecule has 242 valence electrons. The van der Waals surface area contributed by atoms with Crippen LogP contribution >= 0.6 is 0 Å². The zero-order valence-corrected chi connectivity index (χ0v) is 26.8. The number of ether oxygens (including phenoxy) is 4. The fourth-order valence-corrected chi connectivity index (χ4v) is 6.48. The molecule has 2 saturated heterocycles. The van der Waals surface area contributed by atoms with Crippen LogP contribution in [0.3, 0.4) is 0 Å². The number of allylic oxidation sites excluding steroid dienone is 1. The van der Waals surface area contributed by atoms with E-state index in [2.05, 4.69) is 6.92 Å². The number of hydrogen-bond donors (Lipinski definition) is 2. The monoisotopic (exact) mass is 636 g/mol. The van der Waals surface area contributed by atoms with Gasteiger partial charge in [0.05, 0.1) is 13.2 Å². The third-order valence-corrected chi connectivity index (χ3v) is 9.76. The predicted molar refractivity (Wildman–Crippen MR) is 174 cm³/mol. The molecular weight excluding hydrogens is 592 g/mol. The van der Waals surface area contributed by atoms with E-state index >= 15 is 0 Å². The molecule has 2 fully saturated rings. The molecule has 9 heteroatoms. The molecule has 2 aliphatic rings. The summed E-state index contributed by atoms with van der Waals surface area (Å²) >= 11 is 0. The third kappa shape index (κ3) is 9.33. The van der Waals surface area contributed by atoms with Crippen LogP contribution in [0.5, 0.6) is 17.2 Å². The van der Waals surface area contributed by atoms with Gasteiger partial charge in [-0.1, -0.05) is 49.4 Å². The zero-order chi connectivity index (χ0) is 31.8. The lowest BCUT2D eigenvalue weighted by Gasteiger charge is -2.26. The van der Waals surface area contributed by atoms with Crippen LogP contribution < -0.4 is 9.47 Å². The van der Waals surface area contributed by atoms with Gasteiger partial charge < -0.3 is 24.1 Å². The summed E-state index contributed by atoms with van der Waals surface area (Å²) in [6, 6.07) is 22.2. The number of phenolic OH excluding ortho intramolecular Hbond substituents is 1. The maximum atomic E-state index is 12.5. The first-order valence-corrected chi connectivity index (χ1v) is 17.4. The molecule has 0 saturated carbocycles. The average Bonchev–Trinajstić information content (AvgIpc) is 3.04. The van der Waals surface area contributed by atoms with E-state index in [0.717, 1.165) is 62.0 Å². The summed E-state index contributed by atoms with van der Waals surface area (Å²) in [5.41, 5.74) is 3.18. The number of aromatic hydroxyl groups is 1. The van der Waals surface area contributed by atoms with Crippen molar-refractivity contribution in [2.24, 2.45) is 5.92 Å². The fraction of sp³-hybridized carbons (Fsp3) is 0.444. The summed E-state index contributed by atoms with van der Waals surface area (Å²) in [4.78, 5) is 0. The SMILES string of the molecule is CC(Cc1ccc(OC2CCCCO2)cc1)C(/C=C(/c1ccc(OC2CCCCO2)cc1)C(C)S(=O)(=O)O)c1ccc(O)cc1. The second-order valence-electron chi connectivity index (χ2n) is 12.1. The number of benzene rings is 3. The Labute approximate surface area is 266 Å². The Morgan fingerprint density at radius 1 is 0.822 bits per heavy atom. The lowest BCUT2D eigenvalue weighted by atomic mass is 9.81. The van der Waals surface area contributed by atoms with Crippen LogP contribution in [-0.2, 0) is 26.0 Å². The summed E-state index contributed by atoms with van der Waals surface area (Å²) in [6.07, 6.45) is 8.07. The smallest absolute Gasteiger partial charge is 0.271 e. The van der Waals surface area contributed by atoms with Crippen molar-refractivity contribution < 1.29 is 37.0 Å². The highest BCUT2D eigenvalue weighted by atomic mass is 32.2. The Kier molecular flexibility index (Phi) is 11.2. The molecule has 5 atom stereocenters. The molecule has 0 radical (unpaired) electrons. The van der Waals surface area contributed by atoms with Crippen LogP contribution in [0.15, 0.2) is 78.9 Å². The van der Waals surface area contributed by atoms with Crippen LogP contribution in [0, 0.1) is 5.92 Å². The van der Waals surface area contributed by atoms with Gasteiger partial charge in [-0.3, -0.25) is 4.55 Å². The molecule has 3 aromatic rings. The van der Waals surface area contributed by atoms with Crippen molar-refractivity contribution in [2.45, 2.75) is 82.5 Å². The fourth-order valence-electron chi connectivity index (χ4n) is 5.95. The largest absolute Gasteiger partial charge is 0.508 e. The van der Waals surface area contributed by atoms with Gasteiger partial charge in [-0.15, -0.1) is 0 Å². The molecule has 2 heterocycles. The maximum absolute atomic E-state index is 12.5. The lowest BCUT2D eigenvalue weighted by Crippen LogP contribution is -2.25. The standard InChI is InChI=1S/C36H44O8S/c1-25(23-27-9-17-31(18-10-27)43-35-7-3-5-21-41-35)33(28-11-15-30(37)16-12-28)24-34(26(2)45(38,39)40)29-13-19-32(20-14-29)44-36-8-4-6-22-42-36/h9-20,24-26,33,35-37H,3-8,21-23H2,1-2H3,(H,38,39,40)/b34-24+. The van der Waals surface area contributed by atoms with E-state index in [1.807, 2.05) is 54.6 Å². The van der Waals surface area contributed by atoms with E-state index in [1.165, 1.54) is 6.92 Å². The molecule has 5 rings (SSSR count). The highest BCUT2D eigenvalue weighted by molar-refractivity contribution is 7.86. The second-order valence-corrected chi connectivity index (χ2v) is 13.8. The lowest BCUT2D eigenvalue weighted by molar-refractivity contribution is -0.106. The molecule has 2 N–H and O–H groups in total. The quantitative estimate of drug-likeness (QED) is 0.196. The van der Waals surface area contributed by atoms with E-state index in [1.54, 1.807) is 24.3 Å². The van der Waals surface area contributed by atoms with E-state index in [0.29, 0.717) is 29.9 Å². The molecule has 2 aliphatic heterocycles. The summed E-state index contributed by atoms with van der Waals surface area (Å²) < 4.78 is 58.5. The zero-order valence-electron chi connectivity index (χ0n) is 26.0. The van der Waals surface area contributed by atoms with Crippen molar-refractivity contribution in [2.75, 3.05) is 13.2 Å². The molecule has 0 aromatic heterocycles. The van der Waals surface area contributed by atoms with Gasteiger partial charge in [0.1, 0.15) is 22.5 Å². The molecule has 8 nitrogen and oxygen atoms in total. The molecule has 5 unspecified atom stereocenters. The minimum Gasteiger partial charge on any atom is -0.508 e. The van der Waals surface area contributed by atoms with Crippen molar-refractivity contribution in [3.05, 3.63) is 95.6 Å². The third-order valence-electron chi connectivity index (χ3n) is 8.61. The van der Waals surface area contributed by atoms with Gasteiger partial charge in [-0.05, 0) is 104 Å². The van der Waals surface area contributed by atoms with E-state index in [9.17, 15) is 18.1 Å². The summed E-state index contributed by atoms with van der Waals surface area (Å²) in [6.45, 7) is 5.00. The van der Waals surface area contributed by atoms with Gasteiger partial charge in [0.2, 0.25) is 0 Å². The van der Waals surface area contributed by atoms with Gasteiger partial charge in [-0.2, -0.15) is 8.42 Å². The minimum atomic E-state index is -4.40. The highest BCUT2D eigenvalue weighted by Gasteiger charge is 2.27. The van der Waals surface area contributed by atoms with Crippen LogP contribution in [0.1, 0.15) is 75.0 Å². The first kappa shape index (κ1) is 33.0. The Morgan fingerprint density at radius 3 is 1.84 bits per heavy atom. The maximum Gasteiger partial charge on any atom is 0.271 e. The second kappa shape index (κ2) is 15.3. The van der Waals surface area contributed by atoms with Crippen molar-refractivity contribution in [1.82, 2.24) is 0 Å². The first-order chi connectivity index (χ1) is 21.7. The van der Waals surface area contributed by atoms with Crippen LogP contribution in [-0.4, -0.2) is 49.1 Å². The van der Waals surface area contributed by atoms with Crippen molar-refractivity contribution in [3.8, 4) is 17.2 Å². The predicted octanol–water partition coefficient (Wildman–Crippen LogP) is 7.53. The number of rotatable bonds is 12. The summed E-state index contributed by atoms with van der Waals surface area (Å²) in [5.74, 6) is 1.34. The van der Waals surface area contributed by atoms with E-state index in [4.69, 9.17) is 18.9 Å². The molecule has 3 aromatic carbocycles. The van der Waals surface area contributed by atoms with Gasteiger partial charge in [0.25, 0.3) is 10.1 Å². The van der Waals surface area contributed by atoms with Crippen LogP contribution in [0.25, 0.3) is 5.57 Å². The van der Waals surface area contributed by atoms with E-state index < -0.39 is 15.4 Å². The highest BCUT2D eigenvalue weighted by Crippen LogP contribution is 2.36. The van der Waals surface area contributed by atoms with Crippen LogP contribution in [0.2, 0.25) is 0 Å². The Bertz CT molecular complexity index is 1490. The topological polar surface area (TPSA) is 112 Å². The molecule has 0 aliphatic carbocycles. The van der Waals surface area contributed by atoms with E-state index in [-0.39, 0.29) is 30.2 Å². The number of phenols is 1. The van der Waals surface area contributed by atoms with Gasteiger partial charge in [0, 0.05) is 18.8 Å². The molecule has 0 bridgehead atoms. The summed E-state index contributed by atoms with van der Waals surface area (Å²) in [5, 5.41) is 8.81. The minimum absolute atomic E-state index is 0.0256. The number of hydrogen-bond acceptors (Lipinski definition) is 7. The Hall–Kier alpha value is -3.37. The Morgan fingerprint density at radius 2 is 1.36 bits per heavy atom. The van der Waals surface area contributed by atoms with Crippen molar-refractivity contribution in [1.29, 1.82) is 0 Å². The van der Waals surface area contributed by atoms with Crippen molar-refractivity contribution in [3.63, 3.8) is 0 Å². The van der Waals surface area contributed by atoms with Gasteiger partial charge in [-0.25, -0.2) is 0 Å². The molecule has 0 amide bonds. The van der Waals surface area contributed by atoms with Gasteiger partial charge in [0.15, 0.2) is 12.6 Å². The van der Waals surface area contributed by atoms with Crippen molar-refractivity contribution >= 4 is 15.7 Å². The Balaban J connectivity index is 1.41. The van der Waals surface area contributed by atoms with Crippen LogP contribution in [0.4, 0.5) is 0 Å². The van der Waals surface area contributed by atoms with Gasteiger partial charge >= 0.3 is 0 Å².